The third-order valence-corrected chi connectivity index (χ3v) is 5.51. The number of amides is 1. The van der Waals surface area contributed by atoms with Crippen LogP contribution in [0.25, 0.3) is 11.0 Å². The van der Waals surface area contributed by atoms with Gasteiger partial charge in [-0.25, -0.2) is 9.97 Å². The first-order valence-corrected chi connectivity index (χ1v) is 10.8. The Morgan fingerprint density at radius 1 is 0.794 bits per heavy atom. The van der Waals surface area contributed by atoms with Crippen LogP contribution in [0.4, 0.5) is 17.2 Å². The summed E-state index contributed by atoms with van der Waals surface area (Å²) in [6.07, 6.45) is 3.08. The molecule has 0 atom stereocenters. The van der Waals surface area contributed by atoms with Gasteiger partial charge in [0.1, 0.15) is 17.8 Å². The summed E-state index contributed by atoms with van der Waals surface area (Å²) in [6.45, 7) is 0. The lowest BCUT2D eigenvalue weighted by molar-refractivity contribution is 0.102. The lowest BCUT2D eigenvalue weighted by Crippen LogP contribution is -2.11. The van der Waals surface area contributed by atoms with Crippen molar-refractivity contribution in [2.24, 2.45) is 0 Å². The van der Waals surface area contributed by atoms with Gasteiger partial charge in [-0.1, -0.05) is 41.9 Å². The monoisotopic (exact) mass is 467 g/mol. The molecule has 1 amide bonds. The summed E-state index contributed by atoms with van der Waals surface area (Å²) in [4.78, 5) is 37.1. The highest BCUT2D eigenvalue weighted by Crippen LogP contribution is 2.28. The number of halogens is 1. The third-order valence-electron chi connectivity index (χ3n) is 5.26. The molecule has 0 unspecified atom stereocenters. The molecule has 0 aliphatic carbocycles. The van der Waals surface area contributed by atoms with E-state index in [-0.39, 0.29) is 11.7 Å². The van der Waals surface area contributed by atoms with Gasteiger partial charge in [0.05, 0.1) is 10.9 Å². The van der Waals surface area contributed by atoms with Gasteiger partial charge >= 0.3 is 0 Å². The van der Waals surface area contributed by atoms with Crippen LogP contribution in [0, 0.1) is 0 Å². The Labute approximate surface area is 199 Å². The molecule has 5 rings (SSSR count). The minimum atomic E-state index is -0.230. The highest BCUT2D eigenvalue weighted by Gasteiger charge is 2.18. The van der Waals surface area contributed by atoms with Crippen LogP contribution in [0.2, 0.25) is 5.02 Å². The molecule has 7 nitrogen and oxygen atoms in total. The molecule has 3 N–H and O–H groups in total. The van der Waals surface area contributed by atoms with E-state index in [1.165, 1.54) is 6.33 Å². The van der Waals surface area contributed by atoms with Gasteiger partial charge in [-0.15, -0.1) is 0 Å². The number of aromatic nitrogens is 3. The zero-order valence-corrected chi connectivity index (χ0v) is 18.5. The maximum absolute atomic E-state index is 13.1. The van der Waals surface area contributed by atoms with Gasteiger partial charge in [0.15, 0.2) is 5.78 Å². The molecule has 3 aromatic carbocycles. The normalized spacial score (nSPS) is 10.7. The Bertz CT molecular complexity index is 1480. The Morgan fingerprint density at radius 3 is 2.24 bits per heavy atom. The smallest absolute Gasteiger partial charge is 0.255 e. The topological polar surface area (TPSA) is 99.8 Å². The summed E-state index contributed by atoms with van der Waals surface area (Å²) >= 11 is 5.88. The molecule has 0 saturated heterocycles. The van der Waals surface area contributed by atoms with Crippen LogP contribution in [0.15, 0.2) is 91.4 Å². The van der Waals surface area contributed by atoms with Crippen molar-refractivity contribution in [1.82, 2.24) is 15.0 Å². The second-order valence-electron chi connectivity index (χ2n) is 7.51. The number of ketones is 1. The fraction of sp³-hybridized carbons (Fsp3) is 0. The second kappa shape index (κ2) is 9.17. The highest BCUT2D eigenvalue weighted by atomic mass is 35.5. The van der Waals surface area contributed by atoms with E-state index in [2.05, 4.69) is 25.6 Å². The molecule has 166 valence electrons. The number of hydrogen-bond acceptors (Lipinski definition) is 5. The number of H-pyrrole nitrogens is 1. The molecule has 0 radical (unpaired) electrons. The molecular formula is C26H18ClN5O2. The van der Waals surface area contributed by atoms with E-state index >= 15 is 0 Å². The van der Waals surface area contributed by atoms with Crippen molar-refractivity contribution >= 4 is 51.5 Å². The van der Waals surface area contributed by atoms with Crippen LogP contribution in [-0.4, -0.2) is 26.6 Å². The van der Waals surface area contributed by atoms with E-state index in [1.54, 1.807) is 54.7 Å². The highest BCUT2D eigenvalue weighted by molar-refractivity contribution is 6.30. The molecule has 0 fully saturated rings. The Balaban J connectivity index is 1.37. The number of fused-ring (bicyclic) bond motifs is 1. The van der Waals surface area contributed by atoms with Gasteiger partial charge in [0, 0.05) is 33.7 Å². The van der Waals surface area contributed by atoms with Crippen molar-refractivity contribution in [3.8, 4) is 0 Å². The van der Waals surface area contributed by atoms with Crippen molar-refractivity contribution in [1.29, 1.82) is 0 Å². The van der Waals surface area contributed by atoms with E-state index < -0.39 is 0 Å². The Hall–Kier alpha value is -4.49. The van der Waals surface area contributed by atoms with Gasteiger partial charge in [0.25, 0.3) is 5.91 Å². The van der Waals surface area contributed by atoms with Gasteiger partial charge in [-0.3, -0.25) is 9.59 Å². The lowest BCUT2D eigenvalue weighted by Gasteiger charge is -2.10. The molecule has 0 bridgehead atoms. The predicted octanol–water partition coefficient (Wildman–Crippen LogP) is 5.84. The number of nitrogens with one attached hydrogen (secondary N) is 3. The van der Waals surface area contributed by atoms with Crippen LogP contribution in [0.5, 0.6) is 0 Å². The van der Waals surface area contributed by atoms with Crippen molar-refractivity contribution in [3.63, 3.8) is 0 Å². The maximum Gasteiger partial charge on any atom is 0.255 e. The molecule has 0 spiro atoms. The first-order chi connectivity index (χ1) is 16.6. The lowest BCUT2D eigenvalue weighted by atomic mass is 10.0. The number of rotatable bonds is 6. The fourth-order valence-electron chi connectivity index (χ4n) is 3.56. The van der Waals surface area contributed by atoms with E-state index in [4.69, 9.17) is 11.6 Å². The van der Waals surface area contributed by atoms with Gasteiger partial charge in [-0.2, -0.15) is 0 Å². The van der Waals surface area contributed by atoms with E-state index in [0.29, 0.717) is 44.3 Å². The summed E-state index contributed by atoms with van der Waals surface area (Å²) in [5.74, 6) is 0.153. The zero-order chi connectivity index (χ0) is 23.5. The summed E-state index contributed by atoms with van der Waals surface area (Å²) < 4.78 is 0. The van der Waals surface area contributed by atoms with Crippen LogP contribution >= 0.6 is 11.6 Å². The molecule has 0 saturated carbocycles. The number of hydrogen-bond donors (Lipinski definition) is 3. The first kappa shape index (κ1) is 21.4. The minimum absolute atomic E-state index is 0.120. The van der Waals surface area contributed by atoms with Crippen molar-refractivity contribution in [2.75, 3.05) is 10.6 Å². The summed E-state index contributed by atoms with van der Waals surface area (Å²) in [5, 5.41) is 7.28. The van der Waals surface area contributed by atoms with Gasteiger partial charge < -0.3 is 15.6 Å². The number of nitrogens with zero attached hydrogens (tertiary/aromatic N) is 2. The Kier molecular flexibility index (Phi) is 5.76. The standard InChI is InChI=1S/C26H18ClN5O2/c27-18-8-6-17(7-9-18)26(34)32-20-12-10-19(11-13-20)31-25-22-21(14-28-24(22)29-15-30-25)23(33)16-4-2-1-3-5-16/h1-15H,(H,32,34)(H2,28,29,30,31). The minimum Gasteiger partial charge on any atom is -0.345 e. The molecule has 5 aromatic rings. The molecule has 34 heavy (non-hydrogen) atoms. The largest absolute Gasteiger partial charge is 0.345 e. The van der Waals surface area contributed by atoms with Gasteiger partial charge in [-0.05, 0) is 48.5 Å². The number of anilines is 3. The quantitative estimate of drug-likeness (QED) is 0.272. The van der Waals surface area contributed by atoms with Gasteiger partial charge in [0.2, 0.25) is 0 Å². The van der Waals surface area contributed by atoms with Crippen LogP contribution < -0.4 is 10.6 Å². The molecular weight excluding hydrogens is 450 g/mol. The maximum atomic E-state index is 13.1. The predicted molar refractivity (Wildman–Crippen MR) is 133 cm³/mol. The number of aromatic amines is 1. The summed E-state index contributed by atoms with van der Waals surface area (Å²) in [7, 11) is 0. The van der Waals surface area contributed by atoms with Crippen LogP contribution in [0.3, 0.4) is 0 Å². The zero-order valence-electron chi connectivity index (χ0n) is 17.7. The van der Waals surface area contributed by atoms with Crippen molar-refractivity contribution in [2.45, 2.75) is 0 Å². The molecule has 0 aliphatic rings. The fourth-order valence-corrected chi connectivity index (χ4v) is 3.69. The van der Waals surface area contributed by atoms with Crippen LogP contribution in [-0.2, 0) is 0 Å². The molecule has 2 aromatic heterocycles. The SMILES string of the molecule is O=C(Nc1ccc(Nc2ncnc3[nH]cc(C(=O)c4ccccc4)c23)cc1)c1ccc(Cl)cc1. The average Bonchev–Trinajstić information content (AvgIpc) is 3.31. The van der Waals surface area contributed by atoms with Crippen molar-refractivity contribution in [3.05, 3.63) is 113 Å². The first-order valence-electron chi connectivity index (χ1n) is 10.4. The number of benzene rings is 3. The van der Waals surface area contributed by atoms with E-state index in [1.807, 2.05) is 30.3 Å². The molecule has 2 heterocycles. The van der Waals surface area contributed by atoms with Crippen molar-refractivity contribution < 1.29 is 9.59 Å². The van der Waals surface area contributed by atoms with Crippen LogP contribution in [0.1, 0.15) is 26.3 Å². The summed E-state index contributed by atoms with van der Waals surface area (Å²) in [6, 6.07) is 22.9. The Morgan fingerprint density at radius 2 is 1.50 bits per heavy atom. The van der Waals surface area contributed by atoms with E-state index in [9.17, 15) is 9.59 Å². The second-order valence-corrected chi connectivity index (χ2v) is 7.94. The third kappa shape index (κ3) is 4.37. The molecule has 8 heteroatoms. The number of carbonyl (C=O) groups is 2. The summed E-state index contributed by atoms with van der Waals surface area (Å²) in [5.41, 5.74) is 3.51. The number of carbonyl (C=O) groups excluding carboxylic acids is 2. The molecule has 0 aliphatic heterocycles. The average molecular weight is 468 g/mol. The van der Waals surface area contributed by atoms with E-state index in [0.717, 1.165) is 5.69 Å².